The van der Waals surface area contributed by atoms with E-state index < -0.39 is 5.97 Å². The summed E-state index contributed by atoms with van der Waals surface area (Å²) in [5.74, 6) is -0.479. The zero-order valence-corrected chi connectivity index (χ0v) is 12.7. The maximum Gasteiger partial charge on any atom is 0.360 e. The molecule has 6 nitrogen and oxygen atoms in total. The molecule has 0 aliphatic rings. The van der Waals surface area contributed by atoms with Gasteiger partial charge in [-0.2, -0.15) is 0 Å². The number of anilines is 1. The number of rotatable bonds is 4. The molecule has 7 heteroatoms. The van der Waals surface area contributed by atoms with E-state index in [0.29, 0.717) is 12.2 Å². The summed E-state index contributed by atoms with van der Waals surface area (Å²) in [4.78, 5) is 11.5. The van der Waals surface area contributed by atoms with Crippen LogP contribution in [0.1, 0.15) is 16.2 Å². The number of nitrogens with zero attached hydrogens (tertiary/aromatic N) is 3. The summed E-state index contributed by atoms with van der Waals surface area (Å²) in [5, 5.41) is 10.9. The molecule has 0 radical (unpaired) electrons. The summed E-state index contributed by atoms with van der Waals surface area (Å²) in [6.07, 6.45) is 0. The minimum absolute atomic E-state index is 0.239. The zero-order valence-electron chi connectivity index (χ0n) is 10.6. The Hall–Kier alpha value is -1.64. The zero-order chi connectivity index (χ0) is 13.8. The number of aryl methyl sites for hydroxylation is 1. The van der Waals surface area contributed by atoms with Gasteiger partial charge < -0.3 is 10.1 Å². The molecule has 0 atom stereocenters. The number of benzene rings is 1. The summed E-state index contributed by atoms with van der Waals surface area (Å²) in [7, 11) is 3.07. The van der Waals surface area contributed by atoms with Crippen LogP contribution in [0, 0.1) is 3.57 Å². The van der Waals surface area contributed by atoms with E-state index in [4.69, 9.17) is 0 Å². The molecular weight excluding hydrogens is 359 g/mol. The van der Waals surface area contributed by atoms with Crippen molar-refractivity contribution in [1.29, 1.82) is 0 Å². The third-order valence-electron chi connectivity index (χ3n) is 2.61. The van der Waals surface area contributed by atoms with E-state index in [2.05, 4.69) is 43.0 Å². The first-order valence-corrected chi connectivity index (χ1v) is 6.66. The van der Waals surface area contributed by atoms with Gasteiger partial charge >= 0.3 is 5.97 Å². The molecule has 0 amide bonds. The fraction of sp³-hybridized carbons (Fsp3) is 0.250. The third-order valence-corrected chi connectivity index (χ3v) is 3.28. The van der Waals surface area contributed by atoms with Crippen molar-refractivity contribution in [3.63, 3.8) is 0 Å². The fourth-order valence-corrected chi connectivity index (χ4v) is 2.16. The Kier molecular flexibility index (Phi) is 4.35. The largest absolute Gasteiger partial charge is 0.464 e. The van der Waals surface area contributed by atoms with E-state index in [1.54, 1.807) is 11.7 Å². The van der Waals surface area contributed by atoms with Gasteiger partial charge in [-0.05, 0) is 40.8 Å². The van der Waals surface area contributed by atoms with Gasteiger partial charge in [0.25, 0.3) is 0 Å². The normalized spacial score (nSPS) is 10.3. The van der Waals surface area contributed by atoms with Crippen LogP contribution in [0.4, 0.5) is 5.69 Å². The van der Waals surface area contributed by atoms with Crippen molar-refractivity contribution in [3.8, 4) is 0 Å². The molecule has 0 fully saturated rings. The Labute approximate surface area is 124 Å². The van der Waals surface area contributed by atoms with Crippen LogP contribution >= 0.6 is 22.6 Å². The number of halogens is 1. The Bertz CT molecular complexity index is 597. The number of carbonyl (C=O) groups is 1. The van der Waals surface area contributed by atoms with E-state index in [9.17, 15) is 4.79 Å². The summed E-state index contributed by atoms with van der Waals surface area (Å²) in [5.41, 5.74) is 1.90. The second-order valence-electron chi connectivity index (χ2n) is 3.86. The number of hydrogen-bond acceptors (Lipinski definition) is 5. The Balaban J connectivity index is 2.15. The smallest absolute Gasteiger partial charge is 0.360 e. The molecule has 2 rings (SSSR count). The lowest BCUT2D eigenvalue weighted by atomic mass is 10.3. The van der Waals surface area contributed by atoms with Gasteiger partial charge in [0.1, 0.15) is 0 Å². The Morgan fingerprint density at radius 2 is 2.32 bits per heavy atom. The highest BCUT2D eigenvalue weighted by molar-refractivity contribution is 14.1. The van der Waals surface area contributed by atoms with Gasteiger partial charge in [-0.15, -0.1) is 5.10 Å². The van der Waals surface area contributed by atoms with Gasteiger partial charge in [0, 0.05) is 16.3 Å². The minimum Gasteiger partial charge on any atom is -0.464 e. The summed E-state index contributed by atoms with van der Waals surface area (Å²) < 4.78 is 7.38. The molecule has 0 aliphatic carbocycles. The molecule has 0 spiro atoms. The van der Waals surface area contributed by atoms with Gasteiger partial charge in [-0.1, -0.05) is 11.3 Å². The van der Waals surface area contributed by atoms with Gasteiger partial charge in [0.15, 0.2) is 5.69 Å². The van der Waals surface area contributed by atoms with Crippen molar-refractivity contribution in [2.45, 2.75) is 6.54 Å². The first kappa shape index (κ1) is 13.8. The first-order chi connectivity index (χ1) is 9.11. The Morgan fingerprint density at radius 3 is 3.00 bits per heavy atom. The molecule has 19 heavy (non-hydrogen) atoms. The molecule has 0 aliphatic heterocycles. The number of hydrogen-bond donors (Lipinski definition) is 1. The van der Waals surface area contributed by atoms with Crippen molar-refractivity contribution in [3.05, 3.63) is 39.2 Å². The van der Waals surface area contributed by atoms with E-state index in [1.807, 2.05) is 24.3 Å². The lowest BCUT2D eigenvalue weighted by Crippen LogP contribution is -2.11. The molecule has 2 aromatic rings. The first-order valence-electron chi connectivity index (χ1n) is 5.58. The highest BCUT2D eigenvalue weighted by Crippen LogP contribution is 2.14. The number of aromatic nitrogens is 3. The van der Waals surface area contributed by atoms with Crippen LogP contribution in [-0.4, -0.2) is 28.1 Å². The van der Waals surface area contributed by atoms with Gasteiger partial charge in [0.2, 0.25) is 0 Å². The van der Waals surface area contributed by atoms with E-state index in [1.165, 1.54) is 7.11 Å². The van der Waals surface area contributed by atoms with Crippen LogP contribution in [0.15, 0.2) is 24.3 Å². The Morgan fingerprint density at radius 1 is 1.53 bits per heavy atom. The molecule has 1 N–H and O–H groups in total. The quantitative estimate of drug-likeness (QED) is 0.655. The minimum atomic E-state index is -0.479. The van der Waals surface area contributed by atoms with Crippen LogP contribution in [0.25, 0.3) is 0 Å². The molecule has 100 valence electrons. The van der Waals surface area contributed by atoms with Crippen LogP contribution in [-0.2, 0) is 18.3 Å². The molecule has 0 unspecified atom stereocenters. The predicted octanol–water partition coefficient (Wildman–Crippen LogP) is 1.82. The lowest BCUT2D eigenvalue weighted by molar-refractivity contribution is 0.0592. The lowest BCUT2D eigenvalue weighted by Gasteiger charge is -2.07. The van der Waals surface area contributed by atoms with Gasteiger partial charge in [0.05, 0.1) is 19.3 Å². The van der Waals surface area contributed by atoms with Gasteiger partial charge in [-0.3, -0.25) is 0 Å². The molecule has 0 bridgehead atoms. The summed E-state index contributed by atoms with van der Waals surface area (Å²) >= 11 is 2.24. The SMILES string of the molecule is COC(=O)c1nnn(C)c1CNc1cccc(I)c1. The number of esters is 1. The average Bonchev–Trinajstić information content (AvgIpc) is 2.77. The number of methoxy groups -OCH3 is 1. The number of nitrogens with one attached hydrogen (secondary N) is 1. The highest BCUT2D eigenvalue weighted by atomic mass is 127. The second kappa shape index (κ2) is 6.00. The van der Waals surface area contributed by atoms with Crippen LogP contribution in [0.5, 0.6) is 0 Å². The van der Waals surface area contributed by atoms with Crippen LogP contribution in [0.3, 0.4) is 0 Å². The second-order valence-corrected chi connectivity index (χ2v) is 5.11. The maximum atomic E-state index is 11.5. The van der Waals surface area contributed by atoms with Crippen molar-refractivity contribution < 1.29 is 9.53 Å². The van der Waals surface area contributed by atoms with Crippen LogP contribution in [0.2, 0.25) is 0 Å². The molecule has 0 saturated heterocycles. The molecule has 1 aromatic carbocycles. The van der Waals surface area contributed by atoms with Crippen molar-refractivity contribution >= 4 is 34.2 Å². The molecular formula is C12H13IN4O2. The third kappa shape index (κ3) is 3.22. The standard InChI is InChI=1S/C12H13IN4O2/c1-17-10(11(15-16-17)12(18)19-2)7-14-9-5-3-4-8(13)6-9/h3-6,14H,7H2,1-2H3. The van der Waals surface area contributed by atoms with E-state index in [-0.39, 0.29) is 5.69 Å². The van der Waals surface area contributed by atoms with Crippen molar-refractivity contribution in [2.75, 3.05) is 12.4 Å². The van der Waals surface area contributed by atoms with Crippen molar-refractivity contribution in [2.24, 2.45) is 7.05 Å². The number of carbonyl (C=O) groups excluding carboxylic acids is 1. The topological polar surface area (TPSA) is 69.0 Å². The van der Waals surface area contributed by atoms with E-state index in [0.717, 1.165) is 9.26 Å². The summed E-state index contributed by atoms with van der Waals surface area (Å²) in [6, 6.07) is 7.95. The van der Waals surface area contributed by atoms with Gasteiger partial charge in [-0.25, -0.2) is 9.48 Å². The fourth-order valence-electron chi connectivity index (χ4n) is 1.61. The predicted molar refractivity (Wildman–Crippen MR) is 78.8 cm³/mol. The average molecular weight is 372 g/mol. The highest BCUT2D eigenvalue weighted by Gasteiger charge is 2.18. The molecule has 1 aromatic heterocycles. The molecule has 1 heterocycles. The summed E-state index contributed by atoms with van der Waals surface area (Å²) in [6.45, 7) is 0.452. The number of ether oxygens (including phenoxy) is 1. The maximum absolute atomic E-state index is 11.5. The monoisotopic (exact) mass is 372 g/mol. The van der Waals surface area contributed by atoms with Crippen molar-refractivity contribution in [1.82, 2.24) is 15.0 Å². The van der Waals surface area contributed by atoms with E-state index >= 15 is 0 Å². The molecule has 0 saturated carbocycles. The van der Waals surface area contributed by atoms with Crippen LogP contribution < -0.4 is 5.32 Å².